The van der Waals surface area contributed by atoms with E-state index in [2.05, 4.69) is 27.7 Å². The fourth-order valence-electron chi connectivity index (χ4n) is 4.19. The molecule has 1 saturated heterocycles. The molecule has 1 unspecified atom stereocenters. The number of amides is 2. The van der Waals surface area contributed by atoms with Crippen LogP contribution < -0.4 is 10.6 Å². The second-order valence-corrected chi connectivity index (χ2v) is 7.87. The Morgan fingerprint density at radius 1 is 1.07 bits per heavy atom. The molecule has 5 heteroatoms. The molecule has 5 nitrogen and oxygen atoms in total. The SMILES string of the molecule is O=CNc1cccc(C2(C(=O)NC(CN3CCCC3)c3ccccc3)CC2)c1. The topological polar surface area (TPSA) is 61.4 Å². The average Bonchev–Trinajstić information content (AvgIpc) is 3.39. The number of anilines is 1. The normalized spacial score (nSPS) is 19.0. The van der Waals surface area contributed by atoms with Crippen LogP contribution in [0.2, 0.25) is 0 Å². The number of benzene rings is 2. The first-order valence-electron chi connectivity index (χ1n) is 10.1. The van der Waals surface area contributed by atoms with Crippen molar-refractivity contribution in [1.82, 2.24) is 10.2 Å². The van der Waals surface area contributed by atoms with Gasteiger partial charge in [0, 0.05) is 12.2 Å². The molecule has 146 valence electrons. The summed E-state index contributed by atoms with van der Waals surface area (Å²) in [5.41, 5.74) is 2.38. The Balaban J connectivity index is 1.53. The van der Waals surface area contributed by atoms with E-state index in [0.29, 0.717) is 6.41 Å². The van der Waals surface area contributed by atoms with Crippen molar-refractivity contribution in [2.45, 2.75) is 37.1 Å². The molecule has 1 aliphatic carbocycles. The van der Waals surface area contributed by atoms with Gasteiger partial charge >= 0.3 is 0 Å². The number of nitrogens with one attached hydrogen (secondary N) is 2. The number of carbonyl (C=O) groups excluding carboxylic acids is 2. The van der Waals surface area contributed by atoms with Crippen LogP contribution in [0.3, 0.4) is 0 Å². The highest BCUT2D eigenvalue weighted by Crippen LogP contribution is 2.49. The Morgan fingerprint density at radius 3 is 2.50 bits per heavy atom. The first-order valence-corrected chi connectivity index (χ1v) is 10.1. The molecule has 28 heavy (non-hydrogen) atoms. The highest BCUT2D eigenvalue weighted by atomic mass is 16.2. The van der Waals surface area contributed by atoms with E-state index in [4.69, 9.17) is 0 Å². The van der Waals surface area contributed by atoms with E-state index in [9.17, 15) is 9.59 Å². The van der Waals surface area contributed by atoms with Gasteiger partial charge in [0.1, 0.15) is 0 Å². The van der Waals surface area contributed by atoms with Gasteiger partial charge in [0.05, 0.1) is 11.5 Å². The minimum absolute atomic E-state index is 0.0134. The zero-order valence-electron chi connectivity index (χ0n) is 16.1. The summed E-state index contributed by atoms with van der Waals surface area (Å²) >= 11 is 0. The maximum atomic E-state index is 13.3. The third kappa shape index (κ3) is 3.94. The minimum Gasteiger partial charge on any atom is -0.347 e. The van der Waals surface area contributed by atoms with Crippen LogP contribution in [0.5, 0.6) is 0 Å². The average molecular weight is 377 g/mol. The smallest absolute Gasteiger partial charge is 0.231 e. The number of rotatable bonds is 8. The van der Waals surface area contributed by atoms with Gasteiger partial charge in [-0.1, -0.05) is 42.5 Å². The molecule has 4 rings (SSSR count). The lowest BCUT2D eigenvalue weighted by atomic mass is 9.93. The molecule has 2 aliphatic rings. The van der Waals surface area contributed by atoms with E-state index in [1.54, 1.807) is 0 Å². The Kier molecular flexibility index (Phi) is 5.44. The summed E-state index contributed by atoms with van der Waals surface area (Å²) in [7, 11) is 0. The first kappa shape index (κ1) is 18.7. The first-order chi connectivity index (χ1) is 13.7. The lowest BCUT2D eigenvalue weighted by Gasteiger charge is -2.27. The van der Waals surface area contributed by atoms with Crippen LogP contribution in [0.1, 0.15) is 42.9 Å². The van der Waals surface area contributed by atoms with Crippen molar-refractivity contribution >= 4 is 18.0 Å². The maximum absolute atomic E-state index is 13.3. The van der Waals surface area contributed by atoms with Gasteiger partial charge in [-0.15, -0.1) is 0 Å². The van der Waals surface area contributed by atoms with Gasteiger partial charge in [0.25, 0.3) is 0 Å². The van der Waals surface area contributed by atoms with Crippen LogP contribution in [-0.4, -0.2) is 36.9 Å². The van der Waals surface area contributed by atoms with E-state index >= 15 is 0 Å². The summed E-state index contributed by atoms with van der Waals surface area (Å²) in [5.74, 6) is 0.0869. The van der Waals surface area contributed by atoms with Gasteiger partial charge < -0.3 is 15.5 Å². The third-order valence-electron chi connectivity index (χ3n) is 5.97. The van der Waals surface area contributed by atoms with Gasteiger partial charge in [-0.25, -0.2) is 0 Å². The highest BCUT2D eigenvalue weighted by Gasteiger charge is 2.51. The van der Waals surface area contributed by atoms with Crippen LogP contribution in [0.4, 0.5) is 5.69 Å². The summed E-state index contributed by atoms with van der Waals surface area (Å²) in [6.07, 6.45) is 4.81. The minimum atomic E-state index is -0.474. The molecule has 2 aromatic rings. The summed E-state index contributed by atoms with van der Waals surface area (Å²) in [5, 5.41) is 6.03. The summed E-state index contributed by atoms with van der Waals surface area (Å²) in [4.78, 5) is 26.5. The lowest BCUT2D eigenvalue weighted by Crippen LogP contribution is -2.41. The van der Waals surface area contributed by atoms with Gasteiger partial charge in [0.15, 0.2) is 0 Å². The van der Waals surface area contributed by atoms with Crippen LogP contribution in [-0.2, 0) is 15.0 Å². The Labute approximate surface area is 166 Å². The molecule has 1 aliphatic heterocycles. The molecular weight excluding hydrogens is 350 g/mol. The molecule has 2 aromatic carbocycles. The summed E-state index contributed by atoms with van der Waals surface area (Å²) < 4.78 is 0. The van der Waals surface area contributed by atoms with E-state index < -0.39 is 5.41 Å². The number of hydrogen-bond acceptors (Lipinski definition) is 3. The van der Waals surface area contributed by atoms with Crippen LogP contribution >= 0.6 is 0 Å². The highest BCUT2D eigenvalue weighted by molar-refractivity contribution is 5.92. The van der Waals surface area contributed by atoms with Crippen LogP contribution in [0, 0.1) is 0 Å². The Hall–Kier alpha value is -2.66. The Morgan fingerprint density at radius 2 is 1.82 bits per heavy atom. The summed E-state index contributed by atoms with van der Waals surface area (Å²) in [6, 6.07) is 17.9. The number of likely N-dealkylation sites (tertiary alicyclic amines) is 1. The van der Waals surface area contributed by atoms with Crippen molar-refractivity contribution in [2.24, 2.45) is 0 Å². The van der Waals surface area contributed by atoms with E-state index in [-0.39, 0.29) is 11.9 Å². The molecule has 1 heterocycles. The van der Waals surface area contributed by atoms with Crippen LogP contribution in [0.25, 0.3) is 0 Å². The molecule has 0 radical (unpaired) electrons. The van der Waals surface area contributed by atoms with Gasteiger partial charge in [-0.05, 0) is 62.0 Å². The predicted octanol–water partition coefficient (Wildman–Crippen LogP) is 3.24. The third-order valence-corrected chi connectivity index (χ3v) is 5.97. The molecule has 2 N–H and O–H groups in total. The van der Waals surface area contributed by atoms with Crippen molar-refractivity contribution in [3.8, 4) is 0 Å². The zero-order valence-corrected chi connectivity index (χ0v) is 16.1. The van der Waals surface area contributed by atoms with Crippen LogP contribution in [0.15, 0.2) is 54.6 Å². The quantitative estimate of drug-likeness (QED) is 0.695. The van der Waals surface area contributed by atoms with Crippen molar-refractivity contribution in [3.05, 3.63) is 65.7 Å². The number of carbonyl (C=O) groups is 2. The number of hydrogen-bond donors (Lipinski definition) is 2. The molecule has 0 spiro atoms. The van der Waals surface area contributed by atoms with Crippen molar-refractivity contribution in [1.29, 1.82) is 0 Å². The lowest BCUT2D eigenvalue weighted by molar-refractivity contribution is -0.124. The fraction of sp³-hybridized carbons (Fsp3) is 0.391. The molecule has 1 atom stereocenters. The van der Waals surface area contributed by atoms with Gasteiger partial charge in [0.2, 0.25) is 12.3 Å². The molecule has 0 bridgehead atoms. The summed E-state index contributed by atoms with van der Waals surface area (Å²) in [6.45, 7) is 3.05. The second kappa shape index (κ2) is 8.15. The molecule has 0 aromatic heterocycles. The standard InChI is InChI=1S/C23H27N3O2/c27-17-24-20-10-6-9-19(15-20)23(11-12-23)22(28)25-21(16-26-13-4-5-14-26)18-7-2-1-3-8-18/h1-3,6-10,15,17,21H,4-5,11-14,16H2,(H,24,27)(H,25,28). The largest absolute Gasteiger partial charge is 0.347 e. The maximum Gasteiger partial charge on any atom is 0.231 e. The van der Waals surface area contributed by atoms with E-state index in [0.717, 1.165) is 49.3 Å². The van der Waals surface area contributed by atoms with E-state index in [1.165, 1.54) is 12.8 Å². The molecule has 2 fully saturated rings. The predicted molar refractivity (Wildman–Crippen MR) is 110 cm³/mol. The fourth-order valence-corrected chi connectivity index (χ4v) is 4.19. The van der Waals surface area contributed by atoms with Crippen molar-refractivity contribution in [2.75, 3.05) is 25.0 Å². The molecule has 1 saturated carbocycles. The van der Waals surface area contributed by atoms with Crippen molar-refractivity contribution in [3.63, 3.8) is 0 Å². The Bertz CT molecular complexity index is 827. The van der Waals surface area contributed by atoms with Gasteiger partial charge in [-0.3, -0.25) is 9.59 Å². The van der Waals surface area contributed by atoms with Gasteiger partial charge in [-0.2, -0.15) is 0 Å². The molecular formula is C23H27N3O2. The van der Waals surface area contributed by atoms with Crippen molar-refractivity contribution < 1.29 is 9.59 Å². The van der Waals surface area contributed by atoms with E-state index in [1.807, 2.05) is 42.5 Å². The molecule has 2 amide bonds. The zero-order chi connectivity index (χ0) is 19.4. The second-order valence-electron chi connectivity index (χ2n) is 7.87. The monoisotopic (exact) mass is 377 g/mol. The number of nitrogens with zero attached hydrogens (tertiary/aromatic N) is 1.